The molecule has 1 spiro atoms. The van der Waals surface area contributed by atoms with E-state index < -0.39 is 0 Å². The van der Waals surface area contributed by atoms with Crippen molar-refractivity contribution in [3.63, 3.8) is 0 Å². The van der Waals surface area contributed by atoms with E-state index in [1.807, 2.05) is 0 Å². The third-order valence-corrected chi connectivity index (χ3v) is 5.40. The molecule has 0 aromatic rings. The van der Waals surface area contributed by atoms with Crippen LogP contribution in [0.3, 0.4) is 0 Å². The third kappa shape index (κ3) is 2.47. The molecule has 0 atom stereocenters. The minimum Gasteiger partial charge on any atom is -0.370 e. The van der Waals surface area contributed by atoms with Gasteiger partial charge in [0.05, 0.1) is 12.1 Å². The van der Waals surface area contributed by atoms with Crippen LogP contribution in [0.25, 0.3) is 0 Å². The molecule has 1 saturated heterocycles. The molecule has 2 heterocycles. The Kier molecular flexibility index (Phi) is 3.70. The quantitative estimate of drug-likeness (QED) is 0.735. The zero-order chi connectivity index (χ0) is 13.3. The van der Waals surface area contributed by atoms with E-state index >= 15 is 0 Å². The number of piperidine rings is 1. The fourth-order valence-electron chi connectivity index (χ4n) is 4.15. The van der Waals surface area contributed by atoms with Crippen LogP contribution in [0.4, 0.5) is 0 Å². The predicted molar refractivity (Wildman–Crippen MR) is 79.3 cm³/mol. The van der Waals surface area contributed by atoms with Gasteiger partial charge in [-0.15, -0.1) is 0 Å². The van der Waals surface area contributed by atoms with Crippen molar-refractivity contribution in [3.05, 3.63) is 0 Å². The summed E-state index contributed by atoms with van der Waals surface area (Å²) in [5.41, 5.74) is 6.52. The highest BCUT2D eigenvalue weighted by atomic mass is 15.4. The maximum absolute atomic E-state index is 6.26. The van der Waals surface area contributed by atoms with Crippen molar-refractivity contribution in [2.75, 3.05) is 26.7 Å². The van der Waals surface area contributed by atoms with Crippen molar-refractivity contribution in [2.24, 2.45) is 10.7 Å². The molecule has 2 N–H and O–H groups in total. The van der Waals surface area contributed by atoms with E-state index in [4.69, 9.17) is 5.73 Å². The van der Waals surface area contributed by atoms with E-state index in [2.05, 4.69) is 21.8 Å². The first kappa shape index (κ1) is 13.2. The second-order valence-electron chi connectivity index (χ2n) is 6.72. The van der Waals surface area contributed by atoms with Crippen LogP contribution in [-0.4, -0.2) is 54.0 Å². The molecule has 0 aromatic carbocycles. The number of aliphatic imine (C=N–C) groups is 1. The van der Waals surface area contributed by atoms with Crippen molar-refractivity contribution in [2.45, 2.75) is 62.9 Å². The van der Waals surface area contributed by atoms with Gasteiger partial charge in [0, 0.05) is 19.1 Å². The van der Waals surface area contributed by atoms with Gasteiger partial charge in [-0.3, -0.25) is 4.99 Å². The molecule has 2 fully saturated rings. The second kappa shape index (κ2) is 5.31. The standard InChI is InChI=1S/C15H28N4/c1-18-10-8-15(9-11-18)12-17-14(16)19(15)13-6-4-2-3-5-7-13/h13H,2-12H2,1H3,(H2,16,17). The lowest BCUT2D eigenvalue weighted by Gasteiger charge is -2.48. The molecule has 0 aromatic heterocycles. The summed E-state index contributed by atoms with van der Waals surface area (Å²) in [6.45, 7) is 3.31. The molecule has 0 bridgehead atoms. The fourth-order valence-corrected chi connectivity index (χ4v) is 4.15. The van der Waals surface area contributed by atoms with E-state index in [1.54, 1.807) is 0 Å². The maximum atomic E-state index is 6.26. The van der Waals surface area contributed by atoms with Crippen molar-refractivity contribution >= 4 is 5.96 Å². The molecule has 0 amide bonds. The average molecular weight is 264 g/mol. The van der Waals surface area contributed by atoms with Crippen LogP contribution >= 0.6 is 0 Å². The molecular formula is C15H28N4. The van der Waals surface area contributed by atoms with E-state index in [-0.39, 0.29) is 5.54 Å². The number of hydrogen-bond donors (Lipinski definition) is 1. The maximum Gasteiger partial charge on any atom is 0.192 e. The monoisotopic (exact) mass is 264 g/mol. The molecule has 0 unspecified atom stereocenters. The summed E-state index contributed by atoms with van der Waals surface area (Å²) in [6, 6.07) is 0.650. The normalized spacial score (nSPS) is 29.5. The summed E-state index contributed by atoms with van der Waals surface area (Å²) in [7, 11) is 2.22. The first-order valence-electron chi connectivity index (χ1n) is 7.99. The van der Waals surface area contributed by atoms with Crippen LogP contribution < -0.4 is 5.73 Å². The Hall–Kier alpha value is -0.770. The first-order chi connectivity index (χ1) is 9.21. The highest BCUT2D eigenvalue weighted by Gasteiger charge is 2.46. The number of likely N-dealkylation sites (tertiary alicyclic amines) is 1. The Balaban J connectivity index is 1.77. The Labute approximate surface area is 117 Å². The minimum atomic E-state index is 0.256. The third-order valence-electron chi connectivity index (χ3n) is 5.40. The summed E-state index contributed by atoms with van der Waals surface area (Å²) >= 11 is 0. The molecule has 4 nitrogen and oxygen atoms in total. The summed E-state index contributed by atoms with van der Waals surface area (Å²) in [6.07, 6.45) is 10.6. The van der Waals surface area contributed by atoms with Gasteiger partial charge in [0.1, 0.15) is 0 Å². The largest absolute Gasteiger partial charge is 0.370 e. The number of nitrogens with zero attached hydrogens (tertiary/aromatic N) is 3. The van der Waals surface area contributed by atoms with Crippen LogP contribution in [0, 0.1) is 0 Å². The van der Waals surface area contributed by atoms with Gasteiger partial charge in [0.25, 0.3) is 0 Å². The highest BCUT2D eigenvalue weighted by molar-refractivity contribution is 5.81. The number of rotatable bonds is 1. The van der Waals surface area contributed by atoms with Crippen molar-refractivity contribution in [1.82, 2.24) is 9.80 Å². The van der Waals surface area contributed by atoms with Crippen LogP contribution in [0.1, 0.15) is 51.4 Å². The SMILES string of the molecule is CN1CCC2(CC1)CN=C(N)N2C1CCCCCC1. The summed E-state index contributed by atoms with van der Waals surface area (Å²) in [5, 5.41) is 0. The molecule has 3 aliphatic rings. The van der Waals surface area contributed by atoms with Gasteiger partial charge in [0.2, 0.25) is 0 Å². The second-order valence-corrected chi connectivity index (χ2v) is 6.72. The van der Waals surface area contributed by atoms with Crippen molar-refractivity contribution in [1.29, 1.82) is 0 Å². The van der Waals surface area contributed by atoms with Gasteiger partial charge < -0.3 is 15.5 Å². The smallest absolute Gasteiger partial charge is 0.192 e. The van der Waals surface area contributed by atoms with E-state index in [1.165, 1.54) is 64.5 Å². The van der Waals surface area contributed by atoms with Gasteiger partial charge in [-0.2, -0.15) is 0 Å². The Morgan fingerprint density at radius 1 is 1.11 bits per heavy atom. The van der Waals surface area contributed by atoms with Crippen molar-refractivity contribution < 1.29 is 0 Å². The Morgan fingerprint density at radius 3 is 2.37 bits per heavy atom. The van der Waals surface area contributed by atoms with Crippen molar-refractivity contribution in [3.8, 4) is 0 Å². The van der Waals surface area contributed by atoms with Gasteiger partial charge in [-0.1, -0.05) is 25.7 Å². The molecule has 2 aliphatic heterocycles. The summed E-state index contributed by atoms with van der Waals surface area (Å²) in [5.74, 6) is 0.830. The van der Waals surface area contributed by atoms with Crippen LogP contribution in [0.15, 0.2) is 4.99 Å². The zero-order valence-electron chi connectivity index (χ0n) is 12.3. The molecule has 0 radical (unpaired) electrons. The van der Waals surface area contributed by atoms with E-state index in [0.717, 1.165) is 12.5 Å². The average Bonchev–Trinajstić information content (AvgIpc) is 2.60. The molecule has 1 aliphatic carbocycles. The minimum absolute atomic E-state index is 0.256. The Bertz CT molecular complexity index is 336. The topological polar surface area (TPSA) is 44.9 Å². The van der Waals surface area contributed by atoms with E-state index in [9.17, 15) is 0 Å². The van der Waals surface area contributed by atoms with Gasteiger partial charge >= 0.3 is 0 Å². The van der Waals surface area contributed by atoms with Gasteiger partial charge in [-0.05, 0) is 32.7 Å². The lowest BCUT2D eigenvalue weighted by molar-refractivity contribution is 0.0661. The first-order valence-corrected chi connectivity index (χ1v) is 7.99. The molecule has 19 heavy (non-hydrogen) atoms. The number of guanidine groups is 1. The Morgan fingerprint density at radius 2 is 1.74 bits per heavy atom. The predicted octanol–water partition coefficient (Wildman–Crippen LogP) is 1.80. The fraction of sp³-hybridized carbons (Fsp3) is 0.933. The van der Waals surface area contributed by atoms with E-state index in [0.29, 0.717) is 6.04 Å². The lowest BCUT2D eigenvalue weighted by Crippen LogP contribution is -2.60. The molecular weight excluding hydrogens is 236 g/mol. The van der Waals surface area contributed by atoms with Gasteiger partial charge in [-0.25, -0.2) is 0 Å². The molecule has 4 heteroatoms. The van der Waals surface area contributed by atoms with Gasteiger partial charge in [0.15, 0.2) is 5.96 Å². The van der Waals surface area contributed by atoms with Crippen LogP contribution in [-0.2, 0) is 0 Å². The lowest BCUT2D eigenvalue weighted by atomic mass is 9.84. The number of hydrogen-bond acceptors (Lipinski definition) is 4. The molecule has 108 valence electrons. The molecule has 3 rings (SSSR count). The van der Waals surface area contributed by atoms with Crippen LogP contribution in [0.2, 0.25) is 0 Å². The zero-order valence-corrected chi connectivity index (χ0v) is 12.3. The number of nitrogens with two attached hydrogens (primary N) is 1. The summed E-state index contributed by atoms with van der Waals surface area (Å²) < 4.78 is 0. The highest BCUT2D eigenvalue weighted by Crippen LogP contribution is 2.37. The summed E-state index contributed by atoms with van der Waals surface area (Å²) in [4.78, 5) is 9.61. The molecule has 1 saturated carbocycles. The van der Waals surface area contributed by atoms with Crippen LogP contribution in [0.5, 0.6) is 0 Å².